The number of hydrogen-bond acceptors (Lipinski definition) is 4. The first kappa shape index (κ1) is 18.6. The molecule has 0 aliphatic rings. The van der Waals surface area contributed by atoms with Crippen LogP contribution >= 0.6 is 0 Å². The van der Waals surface area contributed by atoms with Crippen LogP contribution in [-0.2, 0) is 11.3 Å². The molecule has 1 amide bonds. The number of carbonyl (C=O) groups excluding carboxylic acids is 1. The monoisotopic (exact) mass is 342 g/mol. The van der Waals surface area contributed by atoms with Crippen LogP contribution < -0.4 is 10.5 Å². The van der Waals surface area contributed by atoms with Crippen molar-refractivity contribution in [1.82, 2.24) is 4.90 Å². The van der Waals surface area contributed by atoms with E-state index in [0.29, 0.717) is 25.4 Å². The van der Waals surface area contributed by atoms with E-state index >= 15 is 0 Å². The largest absolute Gasteiger partial charge is 0.492 e. The van der Waals surface area contributed by atoms with Gasteiger partial charge in [-0.1, -0.05) is 30.3 Å². The summed E-state index contributed by atoms with van der Waals surface area (Å²) in [6.45, 7) is 6.76. The highest BCUT2D eigenvalue weighted by atomic mass is 16.6. The molecule has 2 aromatic carbocycles. The van der Waals surface area contributed by atoms with Gasteiger partial charge in [0.1, 0.15) is 18.0 Å². The van der Waals surface area contributed by atoms with Crippen LogP contribution in [0.5, 0.6) is 5.75 Å². The van der Waals surface area contributed by atoms with Crippen molar-refractivity contribution in [1.29, 1.82) is 0 Å². The summed E-state index contributed by atoms with van der Waals surface area (Å²) >= 11 is 0. The van der Waals surface area contributed by atoms with Gasteiger partial charge in [-0.3, -0.25) is 0 Å². The zero-order valence-corrected chi connectivity index (χ0v) is 15.1. The summed E-state index contributed by atoms with van der Waals surface area (Å²) in [6, 6.07) is 17.0. The van der Waals surface area contributed by atoms with E-state index in [1.54, 1.807) is 4.90 Å². The lowest BCUT2D eigenvalue weighted by Crippen LogP contribution is -2.38. The predicted molar refractivity (Wildman–Crippen MR) is 99.4 cm³/mol. The van der Waals surface area contributed by atoms with E-state index in [1.165, 1.54) is 0 Å². The number of para-hydroxylation sites is 1. The first-order valence-corrected chi connectivity index (χ1v) is 8.34. The molecule has 5 nitrogen and oxygen atoms in total. The number of nitrogens with two attached hydrogens (primary N) is 1. The van der Waals surface area contributed by atoms with Gasteiger partial charge >= 0.3 is 6.09 Å². The summed E-state index contributed by atoms with van der Waals surface area (Å²) in [5.74, 6) is 0.774. The van der Waals surface area contributed by atoms with E-state index in [-0.39, 0.29) is 6.09 Å². The summed E-state index contributed by atoms with van der Waals surface area (Å²) < 4.78 is 11.2. The molecule has 0 aliphatic heterocycles. The molecule has 2 N–H and O–H groups in total. The van der Waals surface area contributed by atoms with Gasteiger partial charge in [0.2, 0.25) is 0 Å². The van der Waals surface area contributed by atoms with Crippen LogP contribution in [0.3, 0.4) is 0 Å². The molecule has 5 heteroatoms. The number of amides is 1. The van der Waals surface area contributed by atoms with Crippen molar-refractivity contribution in [3.63, 3.8) is 0 Å². The smallest absolute Gasteiger partial charge is 0.410 e. The van der Waals surface area contributed by atoms with Crippen molar-refractivity contribution >= 4 is 11.8 Å². The molecule has 134 valence electrons. The number of nitrogen functional groups attached to an aromatic ring is 1. The van der Waals surface area contributed by atoms with Gasteiger partial charge in [-0.25, -0.2) is 4.79 Å². The molecule has 0 bridgehead atoms. The lowest BCUT2D eigenvalue weighted by atomic mass is 10.2. The molecule has 0 aromatic heterocycles. The highest BCUT2D eigenvalue weighted by Gasteiger charge is 2.22. The Morgan fingerprint density at radius 3 is 2.44 bits per heavy atom. The Balaban J connectivity index is 2.01. The van der Waals surface area contributed by atoms with E-state index in [2.05, 4.69) is 0 Å². The number of ether oxygens (including phenoxy) is 2. The number of rotatable bonds is 6. The minimum Gasteiger partial charge on any atom is -0.492 e. The van der Waals surface area contributed by atoms with Gasteiger partial charge < -0.3 is 20.1 Å². The zero-order valence-electron chi connectivity index (χ0n) is 15.1. The average Bonchev–Trinajstić information content (AvgIpc) is 2.53. The summed E-state index contributed by atoms with van der Waals surface area (Å²) in [7, 11) is 0. The van der Waals surface area contributed by atoms with Crippen LogP contribution in [0.1, 0.15) is 26.3 Å². The van der Waals surface area contributed by atoms with Gasteiger partial charge in [0, 0.05) is 12.2 Å². The number of anilines is 1. The molecule has 25 heavy (non-hydrogen) atoms. The maximum atomic E-state index is 12.5. The van der Waals surface area contributed by atoms with Crippen molar-refractivity contribution < 1.29 is 14.3 Å². The number of benzene rings is 2. The van der Waals surface area contributed by atoms with E-state index in [9.17, 15) is 4.79 Å². The lowest BCUT2D eigenvalue weighted by molar-refractivity contribution is 0.0209. The molecule has 0 heterocycles. The minimum atomic E-state index is -0.550. The Bertz CT molecular complexity index is 681. The fourth-order valence-electron chi connectivity index (χ4n) is 2.26. The topological polar surface area (TPSA) is 64.8 Å². The van der Waals surface area contributed by atoms with Crippen molar-refractivity contribution in [2.75, 3.05) is 18.9 Å². The van der Waals surface area contributed by atoms with E-state index in [1.807, 2.05) is 75.4 Å². The average molecular weight is 342 g/mol. The number of nitrogens with zero attached hydrogens (tertiary/aromatic N) is 1. The summed E-state index contributed by atoms with van der Waals surface area (Å²) in [5.41, 5.74) is 6.90. The third-order valence-corrected chi connectivity index (χ3v) is 3.35. The lowest BCUT2D eigenvalue weighted by Gasteiger charge is -2.27. The minimum absolute atomic E-state index is 0.369. The van der Waals surface area contributed by atoms with Crippen molar-refractivity contribution in [3.05, 3.63) is 60.2 Å². The van der Waals surface area contributed by atoms with Gasteiger partial charge in [-0.2, -0.15) is 0 Å². The first-order valence-electron chi connectivity index (χ1n) is 8.34. The van der Waals surface area contributed by atoms with Crippen molar-refractivity contribution in [2.24, 2.45) is 0 Å². The second-order valence-corrected chi connectivity index (χ2v) is 6.81. The predicted octanol–water partition coefficient (Wildman–Crippen LogP) is 4.08. The highest BCUT2D eigenvalue weighted by Crippen LogP contribution is 2.15. The van der Waals surface area contributed by atoms with E-state index < -0.39 is 5.60 Å². The zero-order chi connectivity index (χ0) is 18.3. The molecule has 0 atom stereocenters. The van der Waals surface area contributed by atoms with Crippen LogP contribution in [0, 0.1) is 0 Å². The Kier molecular flexibility index (Phi) is 6.28. The van der Waals surface area contributed by atoms with Gasteiger partial charge in [0.15, 0.2) is 0 Å². The third-order valence-electron chi connectivity index (χ3n) is 3.35. The Hall–Kier alpha value is -2.69. The molecule has 0 unspecified atom stereocenters. The second-order valence-electron chi connectivity index (χ2n) is 6.81. The molecule has 0 fully saturated rings. The van der Waals surface area contributed by atoms with Gasteiger partial charge in [-0.15, -0.1) is 0 Å². The Labute approximate surface area is 149 Å². The van der Waals surface area contributed by atoms with Crippen LogP contribution in [0.4, 0.5) is 10.5 Å². The molecule has 2 rings (SSSR count). The fourth-order valence-corrected chi connectivity index (χ4v) is 2.26. The molecule has 0 radical (unpaired) electrons. The molecule has 0 spiro atoms. The summed E-state index contributed by atoms with van der Waals surface area (Å²) in [4.78, 5) is 14.1. The van der Waals surface area contributed by atoms with Crippen molar-refractivity contribution in [3.8, 4) is 5.75 Å². The van der Waals surface area contributed by atoms with Gasteiger partial charge in [-0.05, 0) is 50.6 Å². The number of carbonyl (C=O) groups is 1. The van der Waals surface area contributed by atoms with Crippen LogP contribution in [0.2, 0.25) is 0 Å². The molecule has 0 aliphatic carbocycles. The fraction of sp³-hybridized carbons (Fsp3) is 0.350. The Morgan fingerprint density at radius 1 is 1.08 bits per heavy atom. The van der Waals surface area contributed by atoms with Crippen molar-refractivity contribution in [2.45, 2.75) is 32.9 Å². The quantitative estimate of drug-likeness (QED) is 0.803. The normalized spacial score (nSPS) is 11.0. The summed E-state index contributed by atoms with van der Waals surface area (Å²) in [6.07, 6.45) is -0.369. The van der Waals surface area contributed by atoms with Crippen LogP contribution in [0.25, 0.3) is 0 Å². The Morgan fingerprint density at radius 2 is 1.80 bits per heavy atom. The standard InChI is InChI=1S/C20H26N2O3/c1-20(2,3)25-19(23)22(15-16-8-7-9-17(21)14-16)12-13-24-18-10-5-4-6-11-18/h4-11,14H,12-13,15,21H2,1-3H3. The molecule has 0 saturated carbocycles. The summed E-state index contributed by atoms with van der Waals surface area (Å²) in [5, 5.41) is 0. The first-order chi connectivity index (χ1) is 11.8. The SMILES string of the molecule is CC(C)(C)OC(=O)N(CCOc1ccccc1)Cc1cccc(N)c1. The molecule has 2 aromatic rings. The maximum absolute atomic E-state index is 12.5. The van der Waals surface area contributed by atoms with Crippen LogP contribution in [-0.4, -0.2) is 29.7 Å². The number of hydrogen-bond donors (Lipinski definition) is 1. The molecule has 0 saturated heterocycles. The molecular weight excluding hydrogens is 316 g/mol. The van der Waals surface area contributed by atoms with Crippen LogP contribution in [0.15, 0.2) is 54.6 Å². The second kappa shape index (κ2) is 8.42. The van der Waals surface area contributed by atoms with E-state index in [0.717, 1.165) is 11.3 Å². The van der Waals surface area contributed by atoms with Gasteiger partial charge in [0.25, 0.3) is 0 Å². The highest BCUT2D eigenvalue weighted by molar-refractivity contribution is 5.68. The maximum Gasteiger partial charge on any atom is 0.410 e. The van der Waals surface area contributed by atoms with Gasteiger partial charge in [0.05, 0.1) is 6.54 Å². The third kappa shape index (κ3) is 6.75. The molecular formula is C20H26N2O3. The van der Waals surface area contributed by atoms with E-state index in [4.69, 9.17) is 15.2 Å².